The molecule has 0 amide bonds. The Bertz CT molecular complexity index is 1410. The van der Waals surface area contributed by atoms with Gasteiger partial charge in [0.05, 0.1) is 11.4 Å². The number of aromatic nitrogens is 4. The number of anilines is 1. The fourth-order valence-corrected chi connectivity index (χ4v) is 4.67. The highest BCUT2D eigenvalue weighted by Crippen LogP contribution is 2.35. The highest BCUT2D eigenvalue weighted by molar-refractivity contribution is 7.76. The number of piperidine rings is 1. The van der Waals surface area contributed by atoms with E-state index in [0.717, 1.165) is 24.2 Å². The number of hydrogen-bond donors (Lipinski definition) is 2. The van der Waals surface area contributed by atoms with E-state index in [1.807, 2.05) is 59.3 Å². The summed E-state index contributed by atoms with van der Waals surface area (Å²) in [6.45, 7) is 4.84. The molecule has 10 heteroatoms. The molecule has 1 unspecified atom stereocenters. The van der Waals surface area contributed by atoms with E-state index in [1.165, 1.54) is 6.33 Å². The summed E-state index contributed by atoms with van der Waals surface area (Å²) in [5.41, 5.74) is 8.40. The molecule has 4 aromatic rings. The highest BCUT2D eigenvalue weighted by atomic mass is 32.2. The van der Waals surface area contributed by atoms with Crippen molar-refractivity contribution < 1.29 is 13.2 Å². The molecule has 2 N–H and O–H groups in total. The third-order valence-electron chi connectivity index (χ3n) is 5.94. The normalized spacial score (nSPS) is 16.1. The largest absolute Gasteiger partial charge is 0.457 e. The first-order valence-corrected chi connectivity index (χ1v) is 12.1. The number of nitrogens with zero attached hydrogens (tertiary/aromatic N) is 5. The van der Waals surface area contributed by atoms with Gasteiger partial charge in [-0.15, -0.1) is 0 Å². The fourth-order valence-electron chi connectivity index (χ4n) is 4.26. The van der Waals surface area contributed by atoms with Crippen LogP contribution < -0.4 is 10.5 Å². The van der Waals surface area contributed by atoms with Crippen molar-refractivity contribution in [1.29, 1.82) is 0 Å². The van der Waals surface area contributed by atoms with Crippen molar-refractivity contribution >= 4 is 27.6 Å². The van der Waals surface area contributed by atoms with Gasteiger partial charge < -0.3 is 15.4 Å². The fraction of sp³-hybridized carbons (Fsp3) is 0.208. The molecule has 34 heavy (non-hydrogen) atoms. The van der Waals surface area contributed by atoms with E-state index in [-0.39, 0.29) is 11.1 Å². The van der Waals surface area contributed by atoms with Gasteiger partial charge in [0.25, 0.3) is 0 Å². The summed E-state index contributed by atoms with van der Waals surface area (Å²) < 4.78 is 30.7. The zero-order valence-corrected chi connectivity index (χ0v) is 19.3. The first-order valence-electron chi connectivity index (χ1n) is 10.9. The van der Waals surface area contributed by atoms with Crippen LogP contribution in [0.1, 0.15) is 18.9 Å². The molecular formula is C24H24N6O3S. The van der Waals surface area contributed by atoms with Gasteiger partial charge in [-0.25, -0.2) is 23.1 Å². The number of benzene rings is 2. The Morgan fingerprint density at radius 2 is 1.79 bits per heavy atom. The maximum atomic E-state index is 11.5. The molecule has 0 radical (unpaired) electrons. The SMILES string of the molecule is C=C(N1CCCC(n2nc(-c3ccc(Oc4ccccc4)cc3)c3c(N)ncnc32)C1)[SH](=O)=O. The molecule has 1 fully saturated rings. The quantitative estimate of drug-likeness (QED) is 0.406. The van der Waals surface area contributed by atoms with Crippen LogP contribution in [0.5, 0.6) is 11.5 Å². The Morgan fingerprint density at radius 3 is 2.53 bits per heavy atom. The van der Waals surface area contributed by atoms with Gasteiger partial charge in [0, 0.05) is 18.7 Å². The number of thiol groups is 1. The van der Waals surface area contributed by atoms with Crippen LogP contribution in [0, 0.1) is 0 Å². The lowest BCUT2D eigenvalue weighted by molar-refractivity contribution is 0.222. The van der Waals surface area contributed by atoms with Crippen LogP contribution in [0.3, 0.4) is 0 Å². The van der Waals surface area contributed by atoms with Crippen molar-refractivity contribution in [3.05, 3.63) is 72.5 Å². The minimum atomic E-state index is -2.72. The molecule has 0 aliphatic carbocycles. The summed E-state index contributed by atoms with van der Waals surface area (Å²) in [6.07, 6.45) is 3.07. The summed E-state index contributed by atoms with van der Waals surface area (Å²) in [7, 11) is -2.72. The van der Waals surface area contributed by atoms with E-state index in [9.17, 15) is 8.42 Å². The predicted molar refractivity (Wildman–Crippen MR) is 131 cm³/mol. The second kappa shape index (κ2) is 9.14. The van der Waals surface area contributed by atoms with Crippen molar-refractivity contribution in [3.63, 3.8) is 0 Å². The number of para-hydroxylation sites is 1. The Kier molecular flexibility index (Phi) is 5.89. The molecule has 2 aromatic carbocycles. The van der Waals surface area contributed by atoms with Crippen LogP contribution in [0.4, 0.5) is 5.82 Å². The summed E-state index contributed by atoms with van der Waals surface area (Å²) >= 11 is 0. The van der Waals surface area contributed by atoms with Crippen LogP contribution in [-0.2, 0) is 10.7 Å². The molecule has 1 aliphatic rings. The molecule has 0 spiro atoms. The van der Waals surface area contributed by atoms with Gasteiger partial charge in [0.15, 0.2) is 16.4 Å². The molecule has 9 nitrogen and oxygen atoms in total. The topological polar surface area (TPSA) is 116 Å². The van der Waals surface area contributed by atoms with Gasteiger partial charge >= 0.3 is 0 Å². The standard InChI is InChI=1S/C24H24N6O3S/c1-16(34(31)32)29-13-5-6-18(14-29)30-24-21(23(25)26-15-27-24)22(28-30)17-9-11-20(12-10-17)33-19-7-3-2-4-8-19/h2-4,7-12,15,18,34H,1,5-6,13-14H2,(H2,25,26,27). The lowest BCUT2D eigenvalue weighted by Gasteiger charge is -2.33. The first-order chi connectivity index (χ1) is 16.5. The third-order valence-corrected chi connectivity index (χ3v) is 6.65. The van der Waals surface area contributed by atoms with Gasteiger partial charge in [0.1, 0.15) is 34.4 Å². The highest BCUT2D eigenvalue weighted by Gasteiger charge is 2.27. The maximum Gasteiger partial charge on any atom is 0.182 e. The second-order valence-electron chi connectivity index (χ2n) is 8.11. The molecule has 174 valence electrons. The molecule has 0 bridgehead atoms. The van der Waals surface area contributed by atoms with E-state index >= 15 is 0 Å². The van der Waals surface area contributed by atoms with Gasteiger partial charge in [-0.05, 0) is 49.2 Å². The summed E-state index contributed by atoms with van der Waals surface area (Å²) in [5, 5.41) is 5.68. The van der Waals surface area contributed by atoms with Crippen molar-refractivity contribution in [1.82, 2.24) is 24.6 Å². The number of hydrogen-bond acceptors (Lipinski definition) is 8. The lowest BCUT2D eigenvalue weighted by Crippen LogP contribution is -2.36. The monoisotopic (exact) mass is 476 g/mol. The van der Waals surface area contributed by atoms with Crippen LogP contribution in [0.2, 0.25) is 0 Å². The number of nitrogens with two attached hydrogens (primary N) is 1. The predicted octanol–water partition coefficient (Wildman–Crippen LogP) is 3.59. The minimum Gasteiger partial charge on any atom is -0.457 e. The summed E-state index contributed by atoms with van der Waals surface area (Å²) in [4.78, 5) is 10.4. The van der Waals surface area contributed by atoms with Gasteiger partial charge in [-0.2, -0.15) is 5.10 Å². The van der Waals surface area contributed by atoms with Crippen LogP contribution in [0.25, 0.3) is 22.3 Å². The zero-order valence-electron chi connectivity index (χ0n) is 18.4. The molecule has 1 saturated heterocycles. The smallest absolute Gasteiger partial charge is 0.182 e. The second-order valence-corrected chi connectivity index (χ2v) is 9.14. The Morgan fingerprint density at radius 1 is 1.06 bits per heavy atom. The molecule has 2 aromatic heterocycles. The van der Waals surface area contributed by atoms with E-state index in [4.69, 9.17) is 15.6 Å². The molecular weight excluding hydrogens is 452 g/mol. The van der Waals surface area contributed by atoms with E-state index < -0.39 is 10.7 Å². The number of ether oxygens (including phenoxy) is 1. The number of nitrogen functional groups attached to an aromatic ring is 1. The Hall–Kier alpha value is -3.92. The number of fused-ring (bicyclic) bond motifs is 1. The summed E-state index contributed by atoms with van der Waals surface area (Å²) in [5.74, 6) is 1.80. The zero-order chi connectivity index (χ0) is 23.7. The average molecular weight is 477 g/mol. The van der Waals surface area contributed by atoms with Crippen LogP contribution in [0.15, 0.2) is 72.5 Å². The minimum absolute atomic E-state index is 0.0771. The van der Waals surface area contributed by atoms with Gasteiger partial charge in [0.2, 0.25) is 0 Å². The maximum absolute atomic E-state index is 11.5. The molecule has 5 rings (SSSR count). The van der Waals surface area contributed by atoms with E-state index in [1.54, 1.807) is 4.90 Å². The average Bonchev–Trinajstić information content (AvgIpc) is 3.26. The molecule has 0 saturated carbocycles. The van der Waals surface area contributed by atoms with Gasteiger partial charge in [-0.1, -0.05) is 24.8 Å². The third kappa shape index (κ3) is 4.19. The van der Waals surface area contributed by atoms with Crippen molar-refractivity contribution in [2.75, 3.05) is 18.8 Å². The molecule has 1 atom stereocenters. The van der Waals surface area contributed by atoms with Crippen molar-refractivity contribution in [2.24, 2.45) is 0 Å². The first kappa shape index (κ1) is 21.9. The van der Waals surface area contributed by atoms with E-state index in [0.29, 0.717) is 41.4 Å². The van der Waals surface area contributed by atoms with Crippen molar-refractivity contribution in [2.45, 2.75) is 18.9 Å². The Balaban J connectivity index is 1.50. The Labute approximate surface area is 198 Å². The molecule has 1 aliphatic heterocycles. The van der Waals surface area contributed by atoms with Gasteiger partial charge in [-0.3, -0.25) is 0 Å². The molecule has 3 heterocycles. The summed E-state index contributed by atoms with van der Waals surface area (Å²) in [6, 6.07) is 17.1. The van der Waals surface area contributed by atoms with E-state index in [2.05, 4.69) is 16.5 Å². The van der Waals surface area contributed by atoms with Crippen LogP contribution in [-0.4, -0.2) is 46.2 Å². The number of rotatable bonds is 6. The van der Waals surface area contributed by atoms with Crippen molar-refractivity contribution in [3.8, 4) is 22.8 Å². The van der Waals surface area contributed by atoms with Crippen LogP contribution >= 0.6 is 0 Å². The number of likely N-dealkylation sites (tertiary alicyclic amines) is 1. The lowest BCUT2D eigenvalue weighted by atomic mass is 10.1.